The van der Waals surface area contributed by atoms with Crippen LogP contribution in [-0.4, -0.2) is 24.7 Å². The summed E-state index contributed by atoms with van der Waals surface area (Å²) in [7, 11) is 0. The van der Waals surface area contributed by atoms with Crippen molar-refractivity contribution in [1.29, 1.82) is 0 Å². The quantitative estimate of drug-likeness (QED) is 0.911. The van der Waals surface area contributed by atoms with Crippen LogP contribution in [0.5, 0.6) is 0 Å². The van der Waals surface area contributed by atoms with Crippen LogP contribution < -0.4 is 5.32 Å². The molecule has 0 spiro atoms. The van der Waals surface area contributed by atoms with Crippen LogP contribution in [0.3, 0.4) is 0 Å². The summed E-state index contributed by atoms with van der Waals surface area (Å²) in [5, 5.41) is 3.04. The van der Waals surface area contributed by atoms with E-state index < -0.39 is 0 Å². The molecule has 4 heteroatoms. The maximum atomic E-state index is 12.1. The minimum Gasteiger partial charge on any atom is -0.379 e. The van der Waals surface area contributed by atoms with Crippen molar-refractivity contribution >= 4 is 21.8 Å². The number of halogens is 1. The second-order valence-electron chi connectivity index (χ2n) is 4.83. The number of amides is 1. The van der Waals surface area contributed by atoms with Crippen molar-refractivity contribution in [3.05, 3.63) is 33.8 Å². The average molecular weight is 298 g/mol. The monoisotopic (exact) mass is 297 g/mol. The summed E-state index contributed by atoms with van der Waals surface area (Å²) in [4.78, 5) is 12.1. The van der Waals surface area contributed by atoms with Crippen molar-refractivity contribution in [1.82, 2.24) is 5.32 Å². The van der Waals surface area contributed by atoms with Crippen LogP contribution in [0.15, 0.2) is 22.7 Å². The van der Waals surface area contributed by atoms with Gasteiger partial charge in [0, 0.05) is 16.6 Å². The van der Waals surface area contributed by atoms with E-state index in [-0.39, 0.29) is 11.4 Å². The zero-order valence-corrected chi connectivity index (χ0v) is 11.6. The van der Waals surface area contributed by atoms with Crippen molar-refractivity contribution in [3.63, 3.8) is 0 Å². The Morgan fingerprint density at radius 2 is 2.24 bits per heavy atom. The second kappa shape index (κ2) is 4.78. The van der Waals surface area contributed by atoms with E-state index in [0.717, 1.165) is 16.5 Å². The lowest BCUT2D eigenvalue weighted by Gasteiger charge is -2.23. The van der Waals surface area contributed by atoms with Gasteiger partial charge in [0.15, 0.2) is 0 Å². The highest BCUT2D eigenvalue weighted by Crippen LogP contribution is 2.20. The van der Waals surface area contributed by atoms with Gasteiger partial charge < -0.3 is 10.1 Å². The van der Waals surface area contributed by atoms with Crippen LogP contribution in [0.2, 0.25) is 0 Å². The van der Waals surface area contributed by atoms with E-state index in [2.05, 4.69) is 21.2 Å². The third-order valence-electron chi connectivity index (χ3n) is 2.94. The minimum atomic E-state index is -0.229. The smallest absolute Gasteiger partial charge is 0.251 e. The predicted molar refractivity (Wildman–Crippen MR) is 70.2 cm³/mol. The van der Waals surface area contributed by atoms with Gasteiger partial charge in [-0.15, -0.1) is 0 Å². The van der Waals surface area contributed by atoms with E-state index in [0.29, 0.717) is 18.8 Å². The van der Waals surface area contributed by atoms with Gasteiger partial charge in [-0.3, -0.25) is 4.79 Å². The van der Waals surface area contributed by atoms with Gasteiger partial charge in [-0.05, 0) is 44.0 Å². The topological polar surface area (TPSA) is 38.3 Å². The number of hydrogen-bond donors (Lipinski definition) is 1. The van der Waals surface area contributed by atoms with Crippen LogP contribution in [0.1, 0.15) is 29.3 Å². The van der Waals surface area contributed by atoms with E-state index in [1.54, 1.807) is 0 Å². The Bertz CT molecular complexity index is 419. The first-order chi connectivity index (χ1) is 7.98. The molecule has 1 atom stereocenters. The zero-order valence-electron chi connectivity index (χ0n) is 10.0. The number of rotatable bonds is 2. The van der Waals surface area contributed by atoms with Crippen LogP contribution in [0, 0.1) is 6.92 Å². The fourth-order valence-corrected chi connectivity index (χ4v) is 2.59. The lowest BCUT2D eigenvalue weighted by molar-refractivity contribution is 0.0889. The van der Waals surface area contributed by atoms with Gasteiger partial charge in [-0.2, -0.15) is 0 Å². The molecule has 3 nitrogen and oxygen atoms in total. The van der Waals surface area contributed by atoms with Crippen LogP contribution in [0.25, 0.3) is 0 Å². The molecule has 0 radical (unpaired) electrons. The molecule has 0 aliphatic carbocycles. The summed E-state index contributed by atoms with van der Waals surface area (Å²) >= 11 is 3.40. The highest BCUT2D eigenvalue weighted by Gasteiger charge is 2.31. The van der Waals surface area contributed by atoms with E-state index in [1.165, 1.54) is 0 Å². The summed E-state index contributed by atoms with van der Waals surface area (Å²) in [6.45, 7) is 5.30. The molecular formula is C13H16BrNO2. The van der Waals surface area contributed by atoms with E-state index >= 15 is 0 Å². The summed E-state index contributed by atoms with van der Waals surface area (Å²) in [6.07, 6.45) is 0.867. The van der Waals surface area contributed by atoms with Crippen molar-refractivity contribution in [2.45, 2.75) is 25.8 Å². The normalized spacial score (nSPS) is 23.7. The van der Waals surface area contributed by atoms with Gasteiger partial charge in [0.2, 0.25) is 0 Å². The SMILES string of the molecule is Cc1cc(Br)cc(C(=O)NC2(C)CCOC2)c1. The zero-order chi connectivity index (χ0) is 12.5. The molecule has 0 aromatic heterocycles. The third kappa shape index (κ3) is 3.07. The molecule has 1 aromatic carbocycles. The Kier molecular flexibility index (Phi) is 3.54. The Morgan fingerprint density at radius 3 is 2.82 bits per heavy atom. The Morgan fingerprint density at radius 1 is 1.47 bits per heavy atom. The lowest BCUT2D eigenvalue weighted by Crippen LogP contribution is -2.46. The molecule has 1 amide bonds. The molecule has 0 saturated carbocycles. The standard InChI is InChI=1S/C13H16BrNO2/c1-9-5-10(7-11(14)6-9)12(16)15-13(2)3-4-17-8-13/h5-7H,3-4,8H2,1-2H3,(H,15,16). The van der Waals surface area contributed by atoms with Crippen LogP contribution >= 0.6 is 15.9 Å². The number of nitrogens with one attached hydrogen (secondary N) is 1. The fourth-order valence-electron chi connectivity index (χ4n) is 1.98. The molecule has 1 N–H and O–H groups in total. The molecule has 1 aliphatic heterocycles. The summed E-state index contributed by atoms with van der Waals surface area (Å²) < 4.78 is 6.25. The van der Waals surface area contributed by atoms with Gasteiger partial charge in [0.25, 0.3) is 5.91 Å². The third-order valence-corrected chi connectivity index (χ3v) is 3.40. The van der Waals surface area contributed by atoms with Gasteiger partial charge in [0.05, 0.1) is 12.1 Å². The molecule has 92 valence electrons. The number of carbonyl (C=O) groups excluding carboxylic acids is 1. The summed E-state index contributed by atoms with van der Waals surface area (Å²) in [6, 6.07) is 5.71. The van der Waals surface area contributed by atoms with E-state index in [4.69, 9.17) is 4.74 Å². The number of ether oxygens (including phenoxy) is 1. The maximum absolute atomic E-state index is 12.1. The fraction of sp³-hybridized carbons (Fsp3) is 0.462. The van der Waals surface area contributed by atoms with Crippen molar-refractivity contribution < 1.29 is 9.53 Å². The van der Waals surface area contributed by atoms with E-state index in [9.17, 15) is 4.79 Å². The molecule has 1 aromatic rings. The molecular weight excluding hydrogens is 282 g/mol. The van der Waals surface area contributed by atoms with Gasteiger partial charge in [0.1, 0.15) is 0 Å². The summed E-state index contributed by atoms with van der Waals surface area (Å²) in [5.74, 6) is -0.0394. The lowest BCUT2D eigenvalue weighted by atomic mass is 10.0. The molecule has 0 bridgehead atoms. The van der Waals surface area contributed by atoms with Gasteiger partial charge in [-0.25, -0.2) is 0 Å². The second-order valence-corrected chi connectivity index (χ2v) is 5.75. The average Bonchev–Trinajstić information content (AvgIpc) is 2.63. The highest BCUT2D eigenvalue weighted by atomic mass is 79.9. The molecule has 1 fully saturated rings. The first-order valence-electron chi connectivity index (χ1n) is 5.66. The molecule has 1 unspecified atom stereocenters. The Balaban J connectivity index is 2.14. The Hall–Kier alpha value is -0.870. The molecule has 2 rings (SSSR count). The van der Waals surface area contributed by atoms with Crippen molar-refractivity contribution in [2.75, 3.05) is 13.2 Å². The maximum Gasteiger partial charge on any atom is 0.251 e. The molecule has 1 heterocycles. The number of carbonyl (C=O) groups is 1. The summed E-state index contributed by atoms with van der Waals surface area (Å²) in [5.41, 5.74) is 1.52. The molecule has 1 aliphatic rings. The van der Waals surface area contributed by atoms with Crippen LogP contribution in [-0.2, 0) is 4.74 Å². The predicted octanol–water partition coefficient (Wildman–Crippen LogP) is 2.67. The molecule has 1 saturated heterocycles. The Labute approximate surface area is 110 Å². The van der Waals surface area contributed by atoms with Crippen molar-refractivity contribution in [3.8, 4) is 0 Å². The number of benzene rings is 1. The van der Waals surface area contributed by atoms with Crippen LogP contribution in [0.4, 0.5) is 0 Å². The number of aryl methyl sites for hydroxylation is 1. The van der Waals surface area contributed by atoms with Gasteiger partial charge in [-0.1, -0.05) is 15.9 Å². The first kappa shape index (κ1) is 12.6. The minimum absolute atomic E-state index is 0.0394. The largest absolute Gasteiger partial charge is 0.379 e. The highest BCUT2D eigenvalue weighted by molar-refractivity contribution is 9.10. The number of hydrogen-bond acceptors (Lipinski definition) is 2. The van der Waals surface area contributed by atoms with E-state index in [1.807, 2.05) is 32.0 Å². The first-order valence-corrected chi connectivity index (χ1v) is 6.45. The van der Waals surface area contributed by atoms with Gasteiger partial charge >= 0.3 is 0 Å². The molecule has 17 heavy (non-hydrogen) atoms. The van der Waals surface area contributed by atoms with Crippen molar-refractivity contribution in [2.24, 2.45) is 0 Å².